The molecule has 0 spiro atoms. The van der Waals surface area contributed by atoms with Gasteiger partial charge >= 0.3 is 0 Å². The first-order valence-corrected chi connectivity index (χ1v) is 10.5. The highest BCUT2D eigenvalue weighted by molar-refractivity contribution is 5.84. The number of rotatable bonds is 7. The van der Waals surface area contributed by atoms with Crippen molar-refractivity contribution in [1.82, 2.24) is 10.2 Å². The quantitative estimate of drug-likeness (QED) is 0.737. The molecule has 30 heavy (non-hydrogen) atoms. The fourth-order valence-corrected chi connectivity index (χ4v) is 4.56. The Hall–Kier alpha value is -2.72. The number of hydrogen-bond acceptors (Lipinski definition) is 5. The van der Waals surface area contributed by atoms with Gasteiger partial charge in [0.05, 0.1) is 37.8 Å². The van der Waals surface area contributed by atoms with Gasteiger partial charge in [-0.15, -0.1) is 0 Å². The van der Waals surface area contributed by atoms with E-state index in [1.165, 1.54) is 0 Å². The lowest BCUT2D eigenvalue weighted by molar-refractivity contribution is -0.137. The lowest BCUT2D eigenvalue weighted by atomic mass is 10.0. The van der Waals surface area contributed by atoms with E-state index in [1.807, 2.05) is 65.6 Å². The molecule has 2 aromatic rings. The van der Waals surface area contributed by atoms with E-state index in [9.17, 15) is 15.2 Å². The van der Waals surface area contributed by atoms with Crippen molar-refractivity contribution in [2.24, 2.45) is 11.8 Å². The second kappa shape index (κ2) is 9.40. The van der Waals surface area contributed by atoms with Crippen molar-refractivity contribution in [1.29, 1.82) is 5.26 Å². The number of carbonyl (C=O) groups excluding carboxylic acids is 1. The molecule has 5 atom stereocenters. The monoisotopic (exact) mass is 405 g/mol. The summed E-state index contributed by atoms with van der Waals surface area (Å²) in [6.07, 6.45) is 0. The number of amides is 1. The van der Waals surface area contributed by atoms with E-state index in [2.05, 4.69) is 11.4 Å². The number of benzene rings is 2. The summed E-state index contributed by atoms with van der Waals surface area (Å²) in [5, 5.41) is 23.2. The zero-order valence-corrected chi connectivity index (χ0v) is 16.9. The number of carbonyl (C=O) groups is 1. The Morgan fingerprint density at radius 1 is 1.13 bits per heavy atom. The third-order valence-electron chi connectivity index (χ3n) is 6.16. The van der Waals surface area contributed by atoms with Gasteiger partial charge in [0.15, 0.2) is 0 Å². The average Bonchev–Trinajstić information content (AvgIpc) is 3.56. The van der Waals surface area contributed by atoms with Crippen molar-refractivity contribution in [3.63, 3.8) is 0 Å². The van der Waals surface area contributed by atoms with Crippen molar-refractivity contribution < 1.29 is 14.6 Å². The summed E-state index contributed by atoms with van der Waals surface area (Å²) in [5.74, 6) is -0.281. The minimum absolute atomic E-state index is 0.00573. The minimum atomic E-state index is -0.539. The van der Waals surface area contributed by atoms with E-state index in [1.54, 1.807) is 0 Å². The van der Waals surface area contributed by atoms with Crippen molar-refractivity contribution in [3.05, 3.63) is 71.8 Å². The summed E-state index contributed by atoms with van der Waals surface area (Å²) in [5.41, 5.74) is 2.00. The van der Waals surface area contributed by atoms with E-state index in [-0.39, 0.29) is 36.3 Å². The van der Waals surface area contributed by atoms with E-state index >= 15 is 0 Å². The van der Waals surface area contributed by atoms with Crippen LogP contribution in [0.25, 0.3) is 0 Å². The number of hydrogen-bond donors (Lipinski definition) is 2. The van der Waals surface area contributed by atoms with Crippen LogP contribution in [0.15, 0.2) is 60.7 Å². The van der Waals surface area contributed by atoms with Gasteiger partial charge in [0, 0.05) is 24.9 Å². The van der Waals surface area contributed by atoms with Gasteiger partial charge in [-0.25, -0.2) is 0 Å². The van der Waals surface area contributed by atoms with Gasteiger partial charge in [0.2, 0.25) is 5.91 Å². The maximum absolute atomic E-state index is 13.3. The molecule has 1 heterocycles. The normalized spacial score (nSPS) is 25.2. The van der Waals surface area contributed by atoms with Crippen LogP contribution in [-0.2, 0) is 9.53 Å². The predicted molar refractivity (Wildman–Crippen MR) is 112 cm³/mol. The molecule has 1 aliphatic carbocycles. The second-order valence-corrected chi connectivity index (χ2v) is 7.90. The SMILES string of the molecule is N#C[C@H](N[C@H](CO)c1ccccc1)[C@H]1[C@H](C(=O)N2CCOCC2)[C@@H]1c1ccccc1. The van der Waals surface area contributed by atoms with E-state index < -0.39 is 6.04 Å². The van der Waals surface area contributed by atoms with Gasteiger partial charge in [0.25, 0.3) is 0 Å². The summed E-state index contributed by atoms with van der Waals surface area (Å²) in [7, 11) is 0. The Morgan fingerprint density at radius 2 is 1.77 bits per heavy atom. The number of aliphatic hydroxyl groups is 1. The van der Waals surface area contributed by atoms with Crippen molar-refractivity contribution in [2.45, 2.75) is 18.0 Å². The molecule has 0 aromatic heterocycles. The highest BCUT2D eigenvalue weighted by atomic mass is 16.5. The number of ether oxygens (including phenoxy) is 1. The molecular weight excluding hydrogens is 378 g/mol. The molecule has 2 aromatic carbocycles. The van der Waals surface area contributed by atoms with Gasteiger partial charge < -0.3 is 14.7 Å². The first-order valence-electron chi connectivity index (χ1n) is 10.5. The van der Waals surface area contributed by atoms with Crippen LogP contribution in [0.4, 0.5) is 0 Å². The van der Waals surface area contributed by atoms with Crippen molar-refractivity contribution in [3.8, 4) is 6.07 Å². The predicted octanol–water partition coefficient (Wildman–Crippen LogP) is 2.09. The van der Waals surface area contributed by atoms with Gasteiger partial charge in [-0.1, -0.05) is 60.7 Å². The van der Waals surface area contributed by atoms with Gasteiger partial charge in [0.1, 0.15) is 6.04 Å². The molecule has 2 fully saturated rings. The number of nitrogens with zero attached hydrogens (tertiary/aromatic N) is 2. The van der Waals surface area contributed by atoms with Gasteiger partial charge in [-0.3, -0.25) is 10.1 Å². The van der Waals surface area contributed by atoms with Crippen molar-refractivity contribution >= 4 is 5.91 Å². The number of nitriles is 1. The fraction of sp³-hybridized carbons (Fsp3) is 0.417. The Balaban J connectivity index is 1.56. The van der Waals surface area contributed by atoms with Crippen LogP contribution in [0.5, 0.6) is 0 Å². The number of nitrogens with one attached hydrogen (secondary N) is 1. The molecule has 0 radical (unpaired) electrons. The van der Waals surface area contributed by atoms with Crippen LogP contribution in [0.1, 0.15) is 23.1 Å². The standard InChI is InChI=1S/C24H27N3O3/c25-15-19(26-20(16-28)17-7-3-1-4-8-17)22-21(18-9-5-2-6-10-18)23(22)24(29)27-11-13-30-14-12-27/h1-10,19-23,26,28H,11-14,16H2/t19-,20+,21+,22+,23+/m0/s1. The molecule has 2 N–H and O–H groups in total. The van der Waals surface area contributed by atoms with Crippen LogP contribution < -0.4 is 5.32 Å². The maximum Gasteiger partial charge on any atom is 0.226 e. The smallest absolute Gasteiger partial charge is 0.226 e. The minimum Gasteiger partial charge on any atom is -0.394 e. The molecule has 0 unspecified atom stereocenters. The molecule has 1 saturated heterocycles. The van der Waals surface area contributed by atoms with Gasteiger partial charge in [-0.05, 0) is 11.1 Å². The first kappa shape index (κ1) is 20.5. The molecule has 1 amide bonds. The van der Waals surface area contributed by atoms with Crippen LogP contribution in [0.3, 0.4) is 0 Å². The zero-order valence-electron chi connectivity index (χ0n) is 16.9. The molecular formula is C24H27N3O3. The van der Waals surface area contributed by atoms with Crippen LogP contribution >= 0.6 is 0 Å². The van der Waals surface area contributed by atoms with Gasteiger partial charge in [-0.2, -0.15) is 5.26 Å². The number of aliphatic hydroxyl groups excluding tert-OH is 1. The third kappa shape index (κ3) is 4.24. The van der Waals surface area contributed by atoms with Crippen LogP contribution in [0.2, 0.25) is 0 Å². The Morgan fingerprint density at radius 3 is 2.37 bits per heavy atom. The summed E-state index contributed by atoms with van der Waals surface area (Å²) >= 11 is 0. The fourth-order valence-electron chi connectivity index (χ4n) is 4.56. The molecule has 156 valence electrons. The molecule has 1 saturated carbocycles. The maximum atomic E-state index is 13.3. The molecule has 6 nitrogen and oxygen atoms in total. The lowest BCUT2D eigenvalue weighted by Gasteiger charge is -2.27. The van der Waals surface area contributed by atoms with Crippen LogP contribution in [0, 0.1) is 23.2 Å². The molecule has 1 aliphatic heterocycles. The highest BCUT2D eigenvalue weighted by Crippen LogP contribution is 2.56. The summed E-state index contributed by atoms with van der Waals surface area (Å²) in [4.78, 5) is 15.1. The summed E-state index contributed by atoms with van der Waals surface area (Å²) in [6, 6.07) is 21.0. The van der Waals surface area contributed by atoms with Crippen molar-refractivity contribution in [2.75, 3.05) is 32.9 Å². The van der Waals surface area contributed by atoms with E-state index in [4.69, 9.17) is 4.74 Å². The lowest BCUT2D eigenvalue weighted by Crippen LogP contribution is -2.43. The third-order valence-corrected chi connectivity index (χ3v) is 6.16. The first-order chi connectivity index (χ1) is 14.7. The van der Waals surface area contributed by atoms with E-state index in [0.717, 1.165) is 11.1 Å². The Kier molecular flexibility index (Phi) is 6.44. The largest absolute Gasteiger partial charge is 0.394 e. The van der Waals surface area contributed by atoms with E-state index in [0.29, 0.717) is 26.3 Å². The number of morpholine rings is 1. The summed E-state index contributed by atoms with van der Waals surface area (Å²) in [6.45, 7) is 2.18. The average molecular weight is 405 g/mol. The second-order valence-electron chi connectivity index (χ2n) is 7.90. The topological polar surface area (TPSA) is 85.6 Å². The highest BCUT2D eigenvalue weighted by Gasteiger charge is 2.60. The zero-order chi connectivity index (χ0) is 20.9. The Bertz CT molecular complexity index is 878. The Labute approximate surface area is 177 Å². The molecule has 6 heteroatoms. The molecule has 4 rings (SSSR count). The molecule has 0 bridgehead atoms. The molecule has 2 aliphatic rings. The summed E-state index contributed by atoms with van der Waals surface area (Å²) < 4.78 is 5.39. The van der Waals surface area contributed by atoms with Crippen LogP contribution in [-0.4, -0.2) is 54.9 Å².